The Kier molecular flexibility index (Phi) is 7.53. The van der Waals surface area contributed by atoms with Crippen molar-refractivity contribution in [1.82, 2.24) is 10.2 Å². The highest BCUT2D eigenvalue weighted by molar-refractivity contribution is 6.31. The minimum absolute atomic E-state index is 0.000837. The van der Waals surface area contributed by atoms with Gasteiger partial charge in [0.2, 0.25) is 11.8 Å². The Bertz CT molecular complexity index is 892. The molecule has 0 aliphatic carbocycles. The fourth-order valence-corrected chi connectivity index (χ4v) is 2.92. The van der Waals surface area contributed by atoms with Gasteiger partial charge in [0.1, 0.15) is 0 Å². The summed E-state index contributed by atoms with van der Waals surface area (Å²) in [5.41, 5.74) is 0.850. The first-order valence-electron chi connectivity index (χ1n) is 9.24. The van der Waals surface area contributed by atoms with Crippen molar-refractivity contribution < 1.29 is 14.4 Å². The maximum atomic E-state index is 12.8. The van der Waals surface area contributed by atoms with Gasteiger partial charge in [0.05, 0.1) is 18.8 Å². The fourth-order valence-electron chi connectivity index (χ4n) is 2.75. The summed E-state index contributed by atoms with van der Waals surface area (Å²) in [5.74, 6) is -0.735. The zero-order valence-corrected chi connectivity index (χ0v) is 17.8. The van der Waals surface area contributed by atoms with Crippen LogP contribution in [0.25, 0.3) is 0 Å². The largest absolute Gasteiger partial charge is 0.350 e. The Balaban J connectivity index is 2.07. The van der Waals surface area contributed by atoms with Crippen molar-refractivity contribution in [3.05, 3.63) is 64.7 Å². The van der Waals surface area contributed by atoms with Crippen LogP contribution in [0.3, 0.4) is 0 Å². The summed E-state index contributed by atoms with van der Waals surface area (Å²) < 4.78 is 0. The molecule has 2 N–H and O–H groups in total. The quantitative estimate of drug-likeness (QED) is 0.680. The van der Waals surface area contributed by atoms with E-state index in [1.165, 1.54) is 6.07 Å². The van der Waals surface area contributed by atoms with E-state index in [-0.39, 0.29) is 36.2 Å². The van der Waals surface area contributed by atoms with Gasteiger partial charge >= 0.3 is 0 Å². The first-order chi connectivity index (χ1) is 13.5. The Morgan fingerprint density at radius 1 is 0.966 bits per heavy atom. The molecule has 0 fully saturated rings. The van der Waals surface area contributed by atoms with Crippen LogP contribution in [0.15, 0.2) is 48.5 Å². The standard InChI is InChI=1S/C22H26ClN3O3/c1-22(2,3)25-20(28)14-26(4)13-19(27)24-18-11-10-16(23)12-17(18)21(29)15-8-6-5-7-9-15/h5-12H,13-14H2,1-4H3,(H,24,27)(H,25,28). The molecule has 0 radical (unpaired) electrons. The van der Waals surface area contributed by atoms with E-state index >= 15 is 0 Å². The van der Waals surface area contributed by atoms with Crippen LogP contribution in [0.5, 0.6) is 0 Å². The maximum Gasteiger partial charge on any atom is 0.238 e. The van der Waals surface area contributed by atoms with Gasteiger partial charge in [-0.1, -0.05) is 41.9 Å². The van der Waals surface area contributed by atoms with Crippen LogP contribution < -0.4 is 10.6 Å². The van der Waals surface area contributed by atoms with E-state index in [0.717, 1.165) is 0 Å². The summed E-state index contributed by atoms with van der Waals surface area (Å²) in [6.07, 6.45) is 0. The summed E-state index contributed by atoms with van der Waals surface area (Å²) in [7, 11) is 1.68. The molecule has 0 aromatic heterocycles. The van der Waals surface area contributed by atoms with Crippen LogP contribution in [-0.4, -0.2) is 48.2 Å². The summed E-state index contributed by atoms with van der Waals surface area (Å²) in [4.78, 5) is 38.9. The van der Waals surface area contributed by atoms with Gasteiger partial charge in [-0.3, -0.25) is 19.3 Å². The van der Waals surface area contributed by atoms with Gasteiger partial charge in [-0.25, -0.2) is 0 Å². The number of hydrogen-bond acceptors (Lipinski definition) is 4. The zero-order valence-electron chi connectivity index (χ0n) is 17.1. The Labute approximate surface area is 176 Å². The molecule has 0 aliphatic heterocycles. The van der Waals surface area contributed by atoms with Crippen LogP contribution >= 0.6 is 11.6 Å². The summed E-state index contributed by atoms with van der Waals surface area (Å²) in [6.45, 7) is 5.76. The molecular weight excluding hydrogens is 390 g/mol. The Hall–Kier alpha value is -2.70. The third-order valence-corrected chi connectivity index (χ3v) is 4.11. The number of carbonyl (C=O) groups is 3. The third kappa shape index (κ3) is 7.33. The number of carbonyl (C=O) groups excluding carboxylic acids is 3. The first-order valence-corrected chi connectivity index (χ1v) is 9.61. The number of halogens is 1. The highest BCUT2D eigenvalue weighted by atomic mass is 35.5. The molecule has 2 rings (SSSR count). The van der Waals surface area contributed by atoms with Gasteiger partial charge in [0.25, 0.3) is 0 Å². The first kappa shape index (κ1) is 22.6. The number of amides is 2. The molecule has 6 nitrogen and oxygen atoms in total. The van der Waals surface area contributed by atoms with Crippen molar-refractivity contribution in [3.63, 3.8) is 0 Å². The van der Waals surface area contributed by atoms with E-state index in [1.807, 2.05) is 26.8 Å². The highest BCUT2D eigenvalue weighted by Crippen LogP contribution is 2.23. The number of benzene rings is 2. The van der Waals surface area contributed by atoms with Crippen molar-refractivity contribution in [3.8, 4) is 0 Å². The average molecular weight is 416 g/mol. The SMILES string of the molecule is CN(CC(=O)Nc1ccc(Cl)cc1C(=O)c1ccccc1)CC(=O)NC(C)(C)C. The van der Waals surface area contributed by atoms with E-state index in [4.69, 9.17) is 11.6 Å². The molecule has 0 heterocycles. The number of rotatable bonds is 7. The van der Waals surface area contributed by atoms with Crippen LogP contribution in [0.4, 0.5) is 5.69 Å². The van der Waals surface area contributed by atoms with Crippen LogP contribution in [0, 0.1) is 0 Å². The van der Waals surface area contributed by atoms with Gasteiger partial charge in [-0.05, 0) is 46.0 Å². The van der Waals surface area contributed by atoms with Crippen molar-refractivity contribution >= 4 is 34.9 Å². The van der Waals surface area contributed by atoms with E-state index in [9.17, 15) is 14.4 Å². The van der Waals surface area contributed by atoms with Crippen molar-refractivity contribution in [2.75, 3.05) is 25.5 Å². The van der Waals surface area contributed by atoms with Crippen molar-refractivity contribution in [1.29, 1.82) is 0 Å². The smallest absolute Gasteiger partial charge is 0.238 e. The molecule has 2 aromatic rings. The number of hydrogen-bond donors (Lipinski definition) is 2. The lowest BCUT2D eigenvalue weighted by Gasteiger charge is -2.23. The molecular formula is C22H26ClN3O3. The summed E-state index contributed by atoms with van der Waals surface area (Å²) >= 11 is 6.06. The monoisotopic (exact) mass is 415 g/mol. The molecule has 0 spiro atoms. The molecule has 29 heavy (non-hydrogen) atoms. The van der Waals surface area contributed by atoms with Gasteiger partial charge in [0.15, 0.2) is 5.78 Å². The molecule has 154 valence electrons. The Morgan fingerprint density at radius 2 is 1.59 bits per heavy atom. The molecule has 7 heteroatoms. The third-order valence-electron chi connectivity index (χ3n) is 3.88. The lowest BCUT2D eigenvalue weighted by molar-refractivity contribution is -0.124. The average Bonchev–Trinajstić information content (AvgIpc) is 2.61. The van der Waals surface area contributed by atoms with Crippen LogP contribution in [-0.2, 0) is 9.59 Å². The summed E-state index contributed by atoms with van der Waals surface area (Å²) in [6, 6.07) is 13.5. The number of ketones is 1. The van der Waals surface area contributed by atoms with Crippen LogP contribution in [0.1, 0.15) is 36.7 Å². The number of anilines is 1. The number of likely N-dealkylation sites (N-methyl/N-ethyl adjacent to an activating group) is 1. The van der Waals surface area contributed by atoms with Crippen molar-refractivity contribution in [2.45, 2.75) is 26.3 Å². The minimum Gasteiger partial charge on any atom is -0.350 e. The fraction of sp³-hybridized carbons (Fsp3) is 0.318. The molecule has 0 unspecified atom stereocenters. The molecule has 2 amide bonds. The molecule has 0 bridgehead atoms. The molecule has 0 aliphatic rings. The zero-order chi connectivity index (χ0) is 21.6. The van der Waals surface area contributed by atoms with E-state index in [0.29, 0.717) is 21.8 Å². The minimum atomic E-state index is -0.337. The highest BCUT2D eigenvalue weighted by Gasteiger charge is 2.19. The van der Waals surface area contributed by atoms with E-state index < -0.39 is 0 Å². The number of nitrogens with zero attached hydrogens (tertiary/aromatic N) is 1. The van der Waals surface area contributed by atoms with Gasteiger partial charge < -0.3 is 10.6 Å². The van der Waals surface area contributed by atoms with Gasteiger partial charge in [0, 0.05) is 21.7 Å². The predicted octanol–water partition coefficient (Wildman–Crippen LogP) is 3.36. The van der Waals surface area contributed by atoms with E-state index in [2.05, 4.69) is 10.6 Å². The number of nitrogens with one attached hydrogen (secondary N) is 2. The van der Waals surface area contributed by atoms with Gasteiger partial charge in [-0.15, -0.1) is 0 Å². The second kappa shape index (κ2) is 9.67. The predicted molar refractivity (Wildman–Crippen MR) is 115 cm³/mol. The maximum absolute atomic E-state index is 12.8. The lowest BCUT2D eigenvalue weighted by Crippen LogP contribution is -2.46. The molecule has 0 saturated carbocycles. The van der Waals surface area contributed by atoms with E-state index in [1.54, 1.807) is 48.3 Å². The summed E-state index contributed by atoms with van der Waals surface area (Å²) in [5, 5.41) is 6.00. The Morgan fingerprint density at radius 3 is 2.21 bits per heavy atom. The second-order valence-electron chi connectivity index (χ2n) is 7.90. The van der Waals surface area contributed by atoms with Crippen molar-refractivity contribution in [2.24, 2.45) is 0 Å². The molecule has 0 saturated heterocycles. The normalized spacial score (nSPS) is 11.2. The lowest BCUT2D eigenvalue weighted by atomic mass is 10.0. The molecule has 0 atom stereocenters. The molecule has 2 aromatic carbocycles. The second-order valence-corrected chi connectivity index (χ2v) is 8.34. The van der Waals surface area contributed by atoms with Gasteiger partial charge in [-0.2, -0.15) is 0 Å². The topological polar surface area (TPSA) is 78.5 Å². The van der Waals surface area contributed by atoms with Crippen LogP contribution in [0.2, 0.25) is 5.02 Å².